The van der Waals surface area contributed by atoms with Crippen LogP contribution in [0.5, 0.6) is 0 Å². The highest BCUT2D eigenvalue weighted by molar-refractivity contribution is 7.22. The van der Waals surface area contributed by atoms with Gasteiger partial charge in [0.1, 0.15) is 0 Å². The number of aromatic nitrogens is 1. The van der Waals surface area contributed by atoms with Gasteiger partial charge >= 0.3 is 0 Å². The van der Waals surface area contributed by atoms with Crippen molar-refractivity contribution in [1.82, 2.24) is 4.98 Å². The average Bonchev–Trinajstić information content (AvgIpc) is 3.08. The molecule has 3 aromatic rings. The Hall–Kier alpha value is -2.53. The van der Waals surface area contributed by atoms with Crippen LogP contribution in [0.15, 0.2) is 48.5 Å². The maximum atomic E-state index is 12.7. The van der Waals surface area contributed by atoms with Crippen molar-refractivity contribution in [3.05, 3.63) is 59.7 Å². The molecule has 4 rings (SSSR count). The number of thiazole rings is 1. The molecule has 1 aromatic heterocycles. The lowest BCUT2D eigenvalue weighted by Crippen LogP contribution is -2.30. The minimum Gasteiger partial charge on any atom is -0.274 e. The smallest absolute Gasteiger partial charge is 0.239 e. The molecule has 0 unspecified atom stereocenters. The molecule has 0 spiro atoms. The van der Waals surface area contributed by atoms with Crippen molar-refractivity contribution in [3.63, 3.8) is 0 Å². The van der Waals surface area contributed by atoms with Gasteiger partial charge in [0.15, 0.2) is 5.13 Å². The fraction of sp³-hybridized carbons (Fsp3) is 0.211. The Balaban J connectivity index is 1.63. The molecule has 0 saturated carbocycles. The van der Waals surface area contributed by atoms with Gasteiger partial charge in [0.05, 0.1) is 16.1 Å². The maximum absolute atomic E-state index is 12.7. The summed E-state index contributed by atoms with van der Waals surface area (Å²) in [4.78, 5) is 30.9. The quantitative estimate of drug-likeness (QED) is 0.685. The van der Waals surface area contributed by atoms with Crippen LogP contribution < -0.4 is 4.90 Å². The van der Waals surface area contributed by atoms with Gasteiger partial charge in [-0.2, -0.15) is 0 Å². The fourth-order valence-corrected chi connectivity index (χ4v) is 4.04. The highest BCUT2D eigenvalue weighted by Crippen LogP contribution is 2.34. The summed E-state index contributed by atoms with van der Waals surface area (Å²) in [6.07, 6.45) is 0.842. The van der Waals surface area contributed by atoms with E-state index >= 15 is 0 Å². The van der Waals surface area contributed by atoms with E-state index in [9.17, 15) is 9.59 Å². The predicted molar refractivity (Wildman–Crippen MR) is 95.1 cm³/mol. The van der Waals surface area contributed by atoms with Crippen LogP contribution in [-0.4, -0.2) is 16.8 Å². The molecule has 2 heterocycles. The molecule has 4 nitrogen and oxygen atoms in total. The summed E-state index contributed by atoms with van der Waals surface area (Å²) in [7, 11) is 0. The van der Waals surface area contributed by atoms with E-state index in [0.29, 0.717) is 11.6 Å². The first kappa shape index (κ1) is 15.0. The van der Waals surface area contributed by atoms with Crippen LogP contribution in [0.1, 0.15) is 17.5 Å². The summed E-state index contributed by atoms with van der Waals surface area (Å²) in [6, 6.07) is 15.8. The summed E-state index contributed by atoms with van der Waals surface area (Å²) in [5.41, 5.74) is 3.02. The molecule has 0 radical (unpaired) electrons. The molecule has 24 heavy (non-hydrogen) atoms. The fourth-order valence-electron chi connectivity index (χ4n) is 3.07. The van der Waals surface area contributed by atoms with Gasteiger partial charge in [0.2, 0.25) is 11.8 Å². The molecule has 1 saturated heterocycles. The highest BCUT2D eigenvalue weighted by atomic mass is 32.1. The predicted octanol–water partition coefficient (Wildman–Crippen LogP) is 3.73. The monoisotopic (exact) mass is 336 g/mol. The summed E-state index contributed by atoms with van der Waals surface area (Å²) >= 11 is 1.39. The lowest BCUT2D eigenvalue weighted by atomic mass is 9.98. The Bertz CT molecular complexity index is 933. The van der Waals surface area contributed by atoms with Gasteiger partial charge in [0.25, 0.3) is 0 Å². The molecule has 0 N–H and O–H groups in total. The zero-order valence-electron chi connectivity index (χ0n) is 13.2. The number of fused-ring (bicyclic) bond motifs is 1. The Morgan fingerprint density at radius 3 is 2.75 bits per heavy atom. The van der Waals surface area contributed by atoms with E-state index in [4.69, 9.17) is 0 Å². The van der Waals surface area contributed by atoms with E-state index in [-0.39, 0.29) is 24.2 Å². The molecule has 0 bridgehead atoms. The van der Waals surface area contributed by atoms with Crippen molar-refractivity contribution in [2.45, 2.75) is 19.8 Å². The second kappa shape index (κ2) is 5.83. The lowest BCUT2D eigenvalue weighted by molar-refractivity contribution is -0.122. The number of rotatable bonds is 3. The van der Waals surface area contributed by atoms with E-state index in [1.165, 1.54) is 16.2 Å². The van der Waals surface area contributed by atoms with Crippen molar-refractivity contribution >= 4 is 38.5 Å². The van der Waals surface area contributed by atoms with E-state index < -0.39 is 0 Å². The van der Waals surface area contributed by atoms with Gasteiger partial charge in [-0.05, 0) is 36.6 Å². The second-order valence-corrected chi connectivity index (χ2v) is 7.13. The third-order valence-corrected chi connectivity index (χ3v) is 5.31. The molecule has 2 aromatic carbocycles. The van der Waals surface area contributed by atoms with Crippen molar-refractivity contribution in [2.24, 2.45) is 5.92 Å². The van der Waals surface area contributed by atoms with Crippen LogP contribution in [0, 0.1) is 12.8 Å². The first-order valence-electron chi connectivity index (χ1n) is 7.90. The minimum absolute atomic E-state index is 0.139. The molecule has 1 aliphatic rings. The number of aryl methyl sites for hydroxylation is 1. The summed E-state index contributed by atoms with van der Waals surface area (Å²) in [5.74, 6) is -0.593. The van der Waals surface area contributed by atoms with Crippen molar-refractivity contribution < 1.29 is 9.59 Å². The molecule has 5 heteroatoms. The standard InChI is InChI=1S/C19H16N2O2S/c1-12-7-8-16-15(9-12)20-19(24-16)21-17(22)11-14(18(21)23)10-13-5-3-2-4-6-13/h2-9,14H,10-11H2,1H3/t14-/m0/s1. The number of anilines is 1. The molecule has 1 aliphatic heterocycles. The Labute approximate surface area is 143 Å². The number of imide groups is 1. The van der Waals surface area contributed by atoms with Crippen LogP contribution >= 0.6 is 11.3 Å². The van der Waals surface area contributed by atoms with Crippen molar-refractivity contribution in [1.29, 1.82) is 0 Å². The zero-order chi connectivity index (χ0) is 16.7. The van der Waals surface area contributed by atoms with E-state index in [1.807, 2.05) is 55.5 Å². The van der Waals surface area contributed by atoms with Gasteiger partial charge in [-0.3, -0.25) is 9.59 Å². The average molecular weight is 336 g/mol. The molecule has 120 valence electrons. The van der Waals surface area contributed by atoms with E-state index in [2.05, 4.69) is 4.98 Å². The summed E-state index contributed by atoms with van der Waals surface area (Å²) < 4.78 is 0.989. The third-order valence-electron chi connectivity index (χ3n) is 4.29. The second-order valence-electron chi connectivity index (χ2n) is 6.13. The maximum Gasteiger partial charge on any atom is 0.239 e. The van der Waals surface area contributed by atoms with Crippen LogP contribution in [0.3, 0.4) is 0 Å². The van der Waals surface area contributed by atoms with Gasteiger partial charge in [-0.25, -0.2) is 9.88 Å². The Kier molecular flexibility index (Phi) is 3.65. The number of nitrogens with zero attached hydrogens (tertiary/aromatic N) is 2. The molecule has 1 fully saturated rings. The third kappa shape index (κ3) is 2.61. The first-order valence-corrected chi connectivity index (χ1v) is 8.71. The molecular formula is C19H16N2O2S. The zero-order valence-corrected chi connectivity index (χ0v) is 14.0. The topological polar surface area (TPSA) is 50.3 Å². The molecule has 2 amide bonds. The van der Waals surface area contributed by atoms with E-state index in [1.54, 1.807) is 0 Å². The van der Waals surface area contributed by atoms with Crippen molar-refractivity contribution in [3.8, 4) is 0 Å². The minimum atomic E-state index is -0.298. The van der Waals surface area contributed by atoms with Crippen molar-refractivity contribution in [2.75, 3.05) is 4.90 Å². The van der Waals surface area contributed by atoms with Crippen LogP contribution in [-0.2, 0) is 16.0 Å². The van der Waals surface area contributed by atoms with Crippen LogP contribution in [0.4, 0.5) is 5.13 Å². The van der Waals surface area contributed by atoms with Gasteiger partial charge in [-0.15, -0.1) is 0 Å². The number of hydrogen-bond acceptors (Lipinski definition) is 4. The molecule has 0 aliphatic carbocycles. The highest BCUT2D eigenvalue weighted by Gasteiger charge is 2.40. The number of carbonyl (C=O) groups is 2. The summed E-state index contributed by atoms with van der Waals surface area (Å²) in [5, 5.41) is 0.487. The Morgan fingerprint density at radius 1 is 1.17 bits per heavy atom. The summed E-state index contributed by atoms with van der Waals surface area (Å²) in [6.45, 7) is 2.00. The molecular weight excluding hydrogens is 320 g/mol. The lowest BCUT2D eigenvalue weighted by Gasteiger charge is -2.11. The SMILES string of the molecule is Cc1ccc2sc(N3C(=O)C[C@H](Cc4ccccc4)C3=O)nc2c1. The van der Waals surface area contributed by atoms with Gasteiger partial charge < -0.3 is 0 Å². The molecule has 1 atom stereocenters. The normalized spacial score (nSPS) is 17.9. The van der Waals surface area contributed by atoms with E-state index in [0.717, 1.165) is 21.3 Å². The Morgan fingerprint density at radius 2 is 1.96 bits per heavy atom. The number of amides is 2. The number of hydrogen-bond donors (Lipinski definition) is 0. The first-order chi connectivity index (χ1) is 11.6. The van der Waals surface area contributed by atoms with Gasteiger partial charge in [0, 0.05) is 6.42 Å². The van der Waals surface area contributed by atoms with Crippen LogP contribution in [0.2, 0.25) is 0 Å². The number of benzene rings is 2. The largest absolute Gasteiger partial charge is 0.274 e. The van der Waals surface area contributed by atoms with Gasteiger partial charge in [-0.1, -0.05) is 47.7 Å². The van der Waals surface area contributed by atoms with Crippen LogP contribution in [0.25, 0.3) is 10.2 Å². The number of carbonyl (C=O) groups excluding carboxylic acids is 2.